The van der Waals surface area contributed by atoms with E-state index in [-0.39, 0.29) is 6.54 Å². The fourth-order valence-corrected chi connectivity index (χ4v) is 2.26. The highest BCUT2D eigenvalue weighted by Crippen LogP contribution is 2.17. The summed E-state index contributed by atoms with van der Waals surface area (Å²) in [7, 11) is 0. The SMILES string of the molecule is Cc1cnc(CN2C(=O)NC(=O)C(C)C2=O)s1. The number of aryl methyl sites for hydroxylation is 1. The predicted octanol–water partition coefficient (Wildman–Crippen LogP) is 0.666. The fraction of sp³-hybridized carbons (Fsp3) is 0.400. The Hall–Kier alpha value is -1.76. The minimum Gasteiger partial charge on any atom is -0.277 e. The molecule has 0 bridgehead atoms. The Morgan fingerprint density at radius 1 is 1.47 bits per heavy atom. The second-order valence-corrected chi connectivity index (χ2v) is 5.12. The van der Waals surface area contributed by atoms with E-state index in [1.807, 2.05) is 6.92 Å². The van der Waals surface area contributed by atoms with E-state index >= 15 is 0 Å². The Labute approximate surface area is 102 Å². The number of barbiturate groups is 1. The van der Waals surface area contributed by atoms with Crippen molar-refractivity contribution in [1.29, 1.82) is 0 Å². The van der Waals surface area contributed by atoms with Gasteiger partial charge in [0.2, 0.25) is 11.8 Å². The molecule has 4 amide bonds. The molecule has 1 atom stereocenters. The van der Waals surface area contributed by atoms with Crippen LogP contribution >= 0.6 is 11.3 Å². The van der Waals surface area contributed by atoms with Gasteiger partial charge in [-0.3, -0.25) is 19.8 Å². The van der Waals surface area contributed by atoms with Crippen LogP contribution in [0, 0.1) is 12.8 Å². The molecule has 2 heterocycles. The molecule has 1 fully saturated rings. The molecule has 90 valence electrons. The van der Waals surface area contributed by atoms with Crippen molar-refractivity contribution in [3.63, 3.8) is 0 Å². The zero-order chi connectivity index (χ0) is 12.6. The molecule has 0 aromatic carbocycles. The van der Waals surface area contributed by atoms with Gasteiger partial charge >= 0.3 is 6.03 Å². The zero-order valence-electron chi connectivity index (χ0n) is 9.39. The summed E-state index contributed by atoms with van der Waals surface area (Å²) in [4.78, 5) is 40.6. The Kier molecular flexibility index (Phi) is 2.93. The molecule has 17 heavy (non-hydrogen) atoms. The number of aromatic nitrogens is 1. The third-order valence-electron chi connectivity index (χ3n) is 2.47. The Morgan fingerprint density at radius 2 is 2.18 bits per heavy atom. The molecule has 0 aliphatic carbocycles. The van der Waals surface area contributed by atoms with E-state index in [1.54, 1.807) is 6.20 Å². The van der Waals surface area contributed by atoms with Crippen LogP contribution in [0.1, 0.15) is 16.8 Å². The number of urea groups is 1. The van der Waals surface area contributed by atoms with Crippen LogP contribution in [0.2, 0.25) is 0 Å². The summed E-state index contributed by atoms with van der Waals surface area (Å²) in [6, 6.07) is -0.675. The van der Waals surface area contributed by atoms with Crippen molar-refractivity contribution in [3.8, 4) is 0 Å². The van der Waals surface area contributed by atoms with Gasteiger partial charge in [-0.15, -0.1) is 11.3 Å². The summed E-state index contributed by atoms with van der Waals surface area (Å²) in [6.07, 6.45) is 1.68. The number of hydrogen-bond acceptors (Lipinski definition) is 5. The van der Waals surface area contributed by atoms with Crippen molar-refractivity contribution in [3.05, 3.63) is 16.1 Å². The van der Waals surface area contributed by atoms with Crippen molar-refractivity contribution >= 4 is 29.2 Å². The van der Waals surface area contributed by atoms with E-state index in [4.69, 9.17) is 0 Å². The van der Waals surface area contributed by atoms with Crippen LogP contribution in [0.4, 0.5) is 4.79 Å². The fourth-order valence-electron chi connectivity index (χ4n) is 1.49. The van der Waals surface area contributed by atoms with Gasteiger partial charge in [-0.2, -0.15) is 0 Å². The minimum atomic E-state index is -0.825. The third-order valence-corrected chi connectivity index (χ3v) is 3.37. The number of nitrogens with one attached hydrogen (secondary N) is 1. The second kappa shape index (κ2) is 4.25. The minimum absolute atomic E-state index is 0.112. The Morgan fingerprint density at radius 3 is 2.76 bits per heavy atom. The van der Waals surface area contributed by atoms with Gasteiger partial charge in [-0.25, -0.2) is 9.78 Å². The summed E-state index contributed by atoms with van der Waals surface area (Å²) in [5, 5.41) is 2.81. The molecule has 1 N–H and O–H groups in total. The molecule has 2 rings (SSSR count). The molecule has 1 aliphatic rings. The van der Waals surface area contributed by atoms with E-state index < -0.39 is 23.8 Å². The molecule has 1 unspecified atom stereocenters. The lowest BCUT2D eigenvalue weighted by Crippen LogP contribution is -2.56. The van der Waals surface area contributed by atoms with E-state index in [9.17, 15) is 14.4 Å². The second-order valence-electron chi connectivity index (χ2n) is 3.81. The number of imide groups is 2. The van der Waals surface area contributed by atoms with Crippen LogP contribution in [0.5, 0.6) is 0 Å². The van der Waals surface area contributed by atoms with Crippen LogP contribution in [0.15, 0.2) is 6.20 Å². The number of nitrogens with zero attached hydrogens (tertiary/aromatic N) is 2. The van der Waals surface area contributed by atoms with Crippen LogP contribution in [0.25, 0.3) is 0 Å². The molecule has 6 nitrogen and oxygen atoms in total. The van der Waals surface area contributed by atoms with Crippen molar-refractivity contribution in [2.45, 2.75) is 20.4 Å². The van der Waals surface area contributed by atoms with Gasteiger partial charge in [0, 0.05) is 11.1 Å². The van der Waals surface area contributed by atoms with Crippen molar-refractivity contribution in [2.75, 3.05) is 0 Å². The molecule has 0 radical (unpaired) electrons. The van der Waals surface area contributed by atoms with Crippen LogP contribution in [-0.4, -0.2) is 27.7 Å². The highest BCUT2D eigenvalue weighted by Gasteiger charge is 2.37. The molecule has 0 spiro atoms. The molecular weight excluding hydrogens is 242 g/mol. The van der Waals surface area contributed by atoms with Gasteiger partial charge in [0.15, 0.2) is 0 Å². The van der Waals surface area contributed by atoms with E-state index in [1.165, 1.54) is 18.3 Å². The maximum atomic E-state index is 11.8. The molecule has 1 aromatic heterocycles. The van der Waals surface area contributed by atoms with Crippen molar-refractivity contribution < 1.29 is 14.4 Å². The molecule has 1 saturated heterocycles. The lowest BCUT2D eigenvalue weighted by atomic mass is 10.1. The monoisotopic (exact) mass is 253 g/mol. The van der Waals surface area contributed by atoms with E-state index in [0.29, 0.717) is 5.01 Å². The summed E-state index contributed by atoms with van der Waals surface area (Å²) < 4.78 is 0. The smallest absolute Gasteiger partial charge is 0.277 e. The summed E-state index contributed by atoms with van der Waals surface area (Å²) >= 11 is 1.42. The van der Waals surface area contributed by atoms with Crippen LogP contribution in [0.3, 0.4) is 0 Å². The highest BCUT2D eigenvalue weighted by molar-refractivity contribution is 7.11. The zero-order valence-corrected chi connectivity index (χ0v) is 10.2. The average molecular weight is 253 g/mol. The van der Waals surface area contributed by atoms with Gasteiger partial charge < -0.3 is 0 Å². The Bertz CT molecular complexity index is 497. The number of thiazole rings is 1. The third kappa shape index (κ3) is 2.19. The van der Waals surface area contributed by atoms with E-state index in [0.717, 1.165) is 9.78 Å². The number of hydrogen-bond donors (Lipinski definition) is 1. The van der Waals surface area contributed by atoms with Gasteiger partial charge in [0.25, 0.3) is 0 Å². The maximum absolute atomic E-state index is 11.8. The number of carbonyl (C=O) groups excluding carboxylic acids is 3. The number of carbonyl (C=O) groups is 3. The lowest BCUT2D eigenvalue weighted by Gasteiger charge is -2.27. The first kappa shape index (κ1) is 11.7. The standard InChI is InChI=1S/C10H11N3O3S/c1-5-3-11-7(17-5)4-13-9(15)6(2)8(14)12-10(13)16/h3,6H,4H2,1-2H3,(H,12,14,16). The van der Waals surface area contributed by atoms with Gasteiger partial charge in [0.1, 0.15) is 10.9 Å². The number of amides is 4. The first-order valence-corrected chi connectivity index (χ1v) is 5.88. The molecule has 0 saturated carbocycles. The normalized spacial score (nSPS) is 20.7. The molecular formula is C10H11N3O3S. The van der Waals surface area contributed by atoms with Gasteiger partial charge in [-0.1, -0.05) is 0 Å². The predicted molar refractivity (Wildman–Crippen MR) is 60.1 cm³/mol. The molecule has 1 aliphatic heterocycles. The topological polar surface area (TPSA) is 79.4 Å². The van der Waals surface area contributed by atoms with Crippen molar-refractivity contribution in [2.24, 2.45) is 5.92 Å². The highest BCUT2D eigenvalue weighted by atomic mass is 32.1. The average Bonchev–Trinajstić information content (AvgIpc) is 2.67. The largest absolute Gasteiger partial charge is 0.331 e. The van der Waals surface area contributed by atoms with Gasteiger partial charge in [-0.05, 0) is 13.8 Å². The summed E-state index contributed by atoms with van der Waals surface area (Å²) in [5.74, 6) is -1.85. The quantitative estimate of drug-likeness (QED) is 0.785. The van der Waals surface area contributed by atoms with Gasteiger partial charge in [0.05, 0.1) is 6.54 Å². The van der Waals surface area contributed by atoms with E-state index in [2.05, 4.69) is 10.3 Å². The van der Waals surface area contributed by atoms with Crippen LogP contribution in [-0.2, 0) is 16.1 Å². The molecule has 7 heteroatoms. The van der Waals surface area contributed by atoms with Crippen LogP contribution < -0.4 is 5.32 Å². The lowest BCUT2D eigenvalue weighted by molar-refractivity contribution is -0.142. The van der Waals surface area contributed by atoms with Crippen molar-refractivity contribution in [1.82, 2.24) is 15.2 Å². The summed E-state index contributed by atoms with van der Waals surface area (Å²) in [5.41, 5.74) is 0. The first-order valence-electron chi connectivity index (χ1n) is 5.06. The molecule has 1 aromatic rings. The summed E-state index contributed by atoms with van der Waals surface area (Å²) in [6.45, 7) is 3.48. The first-order chi connectivity index (χ1) is 7.99. The Balaban J connectivity index is 2.17. The number of rotatable bonds is 2. The maximum Gasteiger partial charge on any atom is 0.331 e.